The quantitative estimate of drug-likeness (QED) is 0.814. The van der Waals surface area contributed by atoms with E-state index in [1.165, 1.54) is 29.6 Å². The molecular formula is C15H23ClFN3O3S. The second-order valence-corrected chi connectivity index (χ2v) is 8.24. The molecule has 2 unspecified atom stereocenters. The van der Waals surface area contributed by atoms with Gasteiger partial charge < -0.3 is 10.5 Å². The number of piperidine rings is 1. The Hall–Kier alpha value is -0.770. The first-order valence-corrected chi connectivity index (χ1v) is 9.47. The number of ether oxygens (including phenoxy) is 1. The molecule has 0 saturated carbocycles. The van der Waals surface area contributed by atoms with Crippen LogP contribution in [0.25, 0.3) is 0 Å². The SMILES string of the molecule is COC1CCN(S(=O)(=O)N(C)Cc2c(F)cccc2Cl)C(CN)C1. The summed E-state index contributed by atoms with van der Waals surface area (Å²) in [6.45, 7) is 0.376. The van der Waals surface area contributed by atoms with Crippen LogP contribution in [0.2, 0.25) is 5.02 Å². The fraction of sp³-hybridized carbons (Fsp3) is 0.600. The van der Waals surface area contributed by atoms with Crippen LogP contribution in [0, 0.1) is 5.82 Å². The third-order valence-corrected chi connectivity index (χ3v) is 6.70. The number of rotatable bonds is 6. The van der Waals surface area contributed by atoms with E-state index >= 15 is 0 Å². The molecule has 2 atom stereocenters. The van der Waals surface area contributed by atoms with Gasteiger partial charge in [-0.15, -0.1) is 0 Å². The maximum atomic E-state index is 13.9. The van der Waals surface area contributed by atoms with E-state index in [1.807, 2.05) is 0 Å². The second-order valence-electron chi connectivity index (χ2n) is 5.85. The number of nitrogens with two attached hydrogens (primary N) is 1. The first-order valence-electron chi connectivity index (χ1n) is 7.70. The zero-order chi connectivity index (χ0) is 17.9. The van der Waals surface area contributed by atoms with Crippen LogP contribution in [0.3, 0.4) is 0 Å². The van der Waals surface area contributed by atoms with Crippen LogP contribution in [0.4, 0.5) is 4.39 Å². The number of methoxy groups -OCH3 is 1. The summed E-state index contributed by atoms with van der Waals surface area (Å²) in [6, 6.07) is 3.93. The highest BCUT2D eigenvalue weighted by atomic mass is 35.5. The van der Waals surface area contributed by atoms with Crippen molar-refractivity contribution in [3.63, 3.8) is 0 Å². The van der Waals surface area contributed by atoms with Crippen molar-refractivity contribution in [2.24, 2.45) is 5.73 Å². The first-order chi connectivity index (χ1) is 11.3. The van der Waals surface area contributed by atoms with Crippen molar-refractivity contribution >= 4 is 21.8 Å². The van der Waals surface area contributed by atoms with Crippen LogP contribution in [0.5, 0.6) is 0 Å². The van der Waals surface area contributed by atoms with Gasteiger partial charge in [0.15, 0.2) is 0 Å². The van der Waals surface area contributed by atoms with E-state index in [2.05, 4.69) is 0 Å². The molecule has 136 valence electrons. The fourth-order valence-electron chi connectivity index (χ4n) is 2.89. The molecule has 1 fully saturated rings. The highest BCUT2D eigenvalue weighted by Gasteiger charge is 2.37. The van der Waals surface area contributed by atoms with Crippen molar-refractivity contribution in [3.8, 4) is 0 Å². The summed E-state index contributed by atoms with van der Waals surface area (Å²) in [7, 11) is -0.764. The predicted molar refractivity (Wildman–Crippen MR) is 91.4 cm³/mol. The Labute approximate surface area is 147 Å². The fourth-order valence-corrected chi connectivity index (χ4v) is 4.65. The molecule has 2 rings (SSSR count). The van der Waals surface area contributed by atoms with Gasteiger partial charge in [0.1, 0.15) is 5.82 Å². The smallest absolute Gasteiger partial charge is 0.282 e. The minimum Gasteiger partial charge on any atom is -0.381 e. The van der Waals surface area contributed by atoms with E-state index in [0.717, 1.165) is 4.31 Å². The Morgan fingerprint density at radius 2 is 2.21 bits per heavy atom. The highest BCUT2D eigenvalue weighted by molar-refractivity contribution is 7.86. The van der Waals surface area contributed by atoms with Crippen molar-refractivity contribution < 1.29 is 17.5 Å². The molecule has 2 N–H and O–H groups in total. The van der Waals surface area contributed by atoms with Gasteiger partial charge in [0.25, 0.3) is 10.2 Å². The normalized spacial score (nSPS) is 22.9. The second kappa shape index (κ2) is 8.07. The van der Waals surface area contributed by atoms with E-state index < -0.39 is 16.0 Å². The Kier molecular flexibility index (Phi) is 6.58. The van der Waals surface area contributed by atoms with Gasteiger partial charge in [0.2, 0.25) is 0 Å². The Bertz CT molecular complexity index is 654. The molecule has 1 aliphatic heterocycles. The summed E-state index contributed by atoms with van der Waals surface area (Å²) in [5, 5.41) is 0.200. The molecule has 0 spiro atoms. The summed E-state index contributed by atoms with van der Waals surface area (Å²) in [6.07, 6.45) is 1.14. The zero-order valence-corrected chi connectivity index (χ0v) is 15.4. The van der Waals surface area contributed by atoms with E-state index in [1.54, 1.807) is 7.11 Å². The predicted octanol–water partition coefficient (Wildman–Crippen LogP) is 1.59. The molecule has 1 aromatic rings. The number of benzene rings is 1. The molecular weight excluding hydrogens is 357 g/mol. The van der Waals surface area contributed by atoms with E-state index in [4.69, 9.17) is 22.1 Å². The van der Waals surface area contributed by atoms with Gasteiger partial charge in [-0.25, -0.2) is 4.39 Å². The van der Waals surface area contributed by atoms with Crippen LogP contribution >= 0.6 is 11.6 Å². The minimum atomic E-state index is -3.78. The Balaban J connectivity index is 2.19. The molecule has 1 saturated heterocycles. The van der Waals surface area contributed by atoms with Crippen LogP contribution in [-0.4, -0.2) is 56.4 Å². The maximum absolute atomic E-state index is 13.9. The molecule has 0 radical (unpaired) electrons. The van der Waals surface area contributed by atoms with Gasteiger partial charge >= 0.3 is 0 Å². The molecule has 24 heavy (non-hydrogen) atoms. The average molecular weight is 380 g/mol. The van der Waals surface area contributed by atoms with E-state index in [-0.39, 0.29) is 35.8 Å². The standard InChI is InChI=1S/C15H23ClFN3O3S/c1-19(10-13-14(16)4-3-5-15(13)17)24(21,22)20-7-6-12(23-2)8-11(20)9-18/h3-5,11-12H,6-10,18H2,1-2H3. The first kappa shape index (κ1) is 19.6. The minimum absolute atomic E-state index is 0.00341. The number of hydrogen-bond donors (Lipinski definition) is 1. The number of nitrogens with zero attached hydrogens (tertiary/aromatic N) is 2. The molecule has 0 amide bonds. The summed E-state index contributed by atoms with van der Waals surface area (Å²) >= 11 is 5.99. The Morgan fingerprint density at radius 3 is 2.79 bits per heavy atom. The topological polar surface area (TPSA) is 75.9 Å². The molecule has 6 nitrogen and oxygen atoms in total. The Morgan fingerprint density at radius 1 is 1.50 bits per heavy atom. The van der Waals surface area contributed by atoms with E-state index in [9.17, 15) is 12.8 Å². The van der Waals surface area contributed by atoms with Gasteiger partial charge in [0, 0.05) is 50.4 Å². The van der Waals surface area contributed by atoms with Gasteiger partial charge in [-0.2, -0.15) is 17.0 Å². The molecule has 1 aliphatic rings. The van der Waals surface area contributed by atoms with E-state index in [0.29, 0.717) is 19.4 Å². The molecule has 1 heterocycles. The lowest BCUT2D eigenvalue weighted by molar-refractivity contribution is 0.0386. The van der Waals surface area contributed by atoms with Crippen molar-refractivity contribution in [1.82, 2.24) is 8.61 Å². The molecule has 0 aromatic heterocycles. The van der Waals surface area contributed by atoms with Crippen molar-refractivity contribution in [1.29, 1.82) is 0 Å². The maximum Gasteiger partial charge on any atom is 0.282 e. The van der Waals surface area contributed by atoms with Gasteiger partial charge in [-0.3, -0.25) is 0 Å². The highest BCUT2D eigenvalue weighted by Crippen LogP contribution is 2.26. The van der Waals surface area contributed by atoms with Crippen molar-refractivity contribution in [2.75, 3.05) is 27.2 Å². The average Bonchev–Trinajstić information content (AvgIpc) is 2.57. The monoisotopic (exact) mass is 379 g/mol. The van der Waals surface area contributed by atoms with Gasteiger partial charge in [0.05, 0.1) is 6.10 Å². The summed E-state index contributed by atoms with van der Waals surface area (Å²) < 4.78 is 47.4. The lowest BCUT2D eigenvalue weighted by Crippen LogP contribution is -2.54. The molecule has 0 aliphatic carbocycles. The van der Waals surface area contributed by atoms with Crippen molar-refractivity contribution in [3.05, 3.63) is 34.6 Å². The van der Waals surface area contributed by atoms with Gasteiger partial charge in [-0.1, -0.05) is 17.7 Å². The van der Waals surface area contributed by atoms with Crippen LogP contribution in [0.1, 0.15) is 18.4 Å². The summed E-state index contributed by atoms with van der Waals surface area (Å²) in [5.74, 6) is -0.530. The van der Waals surface area contributed by atoms with Crippen LogP contribution in [-0.2, 0) is 21.5 Å². The summed E-state index contributed by atoms with van der Waals surface area (Å²) in [5.41, 5.74) is 5.90. The number of hydrogen-bond acceptors (Lipinski definition) is 4. The summed E-state index contributed by atoms with van der Waals surface area (Å²) in [4.78, 5) is 0. The van der Waals surface area contributed by atoms with Crippen LogP contribution < -0.4 is 5.73 Å². The third-order valence-electron chi connectivity index (χ3n) is 4.35. The van der Waals surface area contributed by atoms with Crippen molar-refractivity contribution in [2.45, 2.75) is 31.5 Å². The lowest BCUT2D eigenvalue weighted by atomic mass is 10.0. The molecule has 0 bridgehead atoms. The largest absolute Gasteiger partial charge is 0.381 e. The third kappa shape index (κ3) is 4.07. The van der Waals surface area contributed by atoms with Crippen LogP contribution in [0.15, 0.2) is 18.2 Å². The lowest BCUT2D eigenvalue weighted by Gasteiger charge is -2.39. The number of halogens is 2. The van der Waals surface area contributed by atoms with Gasteiger partial charge in [-0.05, 0) is 25.0 Å². The molecule has 1 aromatic carbocycles. The zero-order valence-electron chi connectivity index (χ0n) is 13.8. The molecule has 9 heteroatoms.